The highest BCUT2D eigenvalue weighted by molar-refractivity contribution is 5.89. The number of benzene rings is 1. The molecule has 148 valence electrons. The highest BCUT2D eigenvalue weighted by atomic mass is 19.3. The van der Waals surface area contributed by atoms with Crippen molar-refractivity contribution < 1.29 is 18.0 Å². The lowest BCUT2D eigenvalue weighted by Gasteiger charge is -2.13. The van der Waals surface area contributed by atoms with Gasteiger partial charge in [0.25, 0.3) is 6.43 Å². The number of alkyl halides is 2. The number of anilines is 1. The Morgan fingerprint density at radius 2 is 1.86 bits per heavy atom. The zero-order chi connectivity index (χ0) is 20.5. The Labute approximate surface area is 163 Å². The van der Waals surface area contributed by atoms with Crippen LogP contribution in [0.25, 0.3) is 28.2 Å². The molecule has 1 amide bonds. The van der Waals surface area contributed by atoms with E-state index in [2.05, 4.69) is 15.3 Å². The average molecular weight is 399 g/mol. The van der Waals surface area contributed by atoms with Crippen LogP contribution in [-0.4, -0.2) is 31.3 Å². The van der Waals surface area contributed by atoms with Crippen molar-refractivity contribution in [2.75, 3.05) is 5.32 Å². The van der Waals surface area contributed by atoms with E-state index in [0.29, 0.717) is 28.2 Å². The molecular weight excluding hydrogens is 383 g/mol. The molecule has 0 aliphatic rings. The predicted molar refractivity (Wildman–Crippen MR) is 102 cm³/mol. The van der Waals surface area contributed by atoms with Crippen LogP contribution in [0.5, 0.6) is 0 Å². The van der Waals surface area contributed by atoms with Gasteiger partial charge in [0.15, 0.2) is 0 Å². The molecule has 29 heavy (non-hydrogen) atoms. The Morgan fingerprint density at radius 1 is 1.14 bits per heavy atom. The Kier molecular flexibility index (Phi) is 4.79. The third-order valence-corrected chi connectivity index (χ3v) is 4.36. The fourth-order valence-electron chi connectivity index (χ4n) is 3.18. The zero-order valence-electron chi connectivity index (χ0n) is 15.3. The highest BCUT2D eigenvalue weighted by Gasteiger charge is 2.23. The van der Waals surface area contributed by atoms with E-state index in [4.69, 9.17) is 0 Å². The van der Waals surface area contributed by atoms with Gasteiger partial charge in [0, 0.05) is 36.6 Å². The molecule has 0 saturated heterocycles. The van der Waals surface area contributed by atoms with E-state index in [1.54, 1.807) is 35.1 Å². The molecule has 0 fully saturated rings. The molecule has 1 N–H and O–H groups in total. The number of pyridine rings is 1. The minimum Gasteiger partial charge on any atom is -0.306 e. The predicted octanol–water partition coefficient (Wildman–Crippen LogP) is 4.23. The number of hydrogen-bond donors (Lipinski definition) is 1. The molecular formula is C20H16F3N5O. The smallest absolute Gasteiger partial charge is 0.256 e. The summed E-state index contributed by atoms with van der Waals surface area (Å²) >= 11 is 0. The first kappa shape index (κ1) is 18.7. The van der Waals surface area contributed by atoms with Crippen LogP contribution in [0.15, 0.2) is 55.0 Å². The Hall–Kier alpha value is -3.62. The second kappa shape index (κ2) is 7.42. The quantitative estimate of drug-likeness (QED) is 0.546. The largest absolute Gasteiger partial charge is 0.306 e. The monoisotopic (exact) mass is 399 g/mol. The second-order valence-corrected chi connectivity index (χ2v) is 6.43. The molecule has 0 atom stereocenters. The number of hydrogen-bond acceptors (Lipinski definition) is 3. The van der Waals surface area contributed by atoms with Crippen molar-refractivity contribution in [1.82, 2.24) is 18.9 Å². The van der Waals surface area contributed by atoms with E-state index in [1.165, 1.54) is 35.8 Å². The number of amides is 1. The number of carbonyl (C=O) groups is 1. The standard InChI is InChI=1S/C20H16F3N5O/c1-12(29)25-20-26-18(13-2-5-15(21)6-3-13)19(28(20)11-16(22)23)14-4-7-17-24-8-9-27(17)10-14/h2-10,16H,11H2,1H3,(H,25,26,29). The third kappa shape index (κ3) is 3.71. The van der Waals surface area contributed by atoms with Crippen molar-refractivity contribution >= 4 is 17.5 Å². The summed E-state index contributed by atoms with van der Waals surface area (Å²) in [4.78, 5) is 20.2. The fourth-order valence-corrected chi connectivity index (χ4v) is 3.18. The number of fused-ring (bicyclic) bond motifs is 1. The first-order valence-electron chi connectivity index (χ1n) is 8.77. The number of rotatable bonds is 5. The van der Waals surface area contributed by atoms with Gasteiger partial charge in [0.2, 0.25) is 11.9 Å². The molecule has 0 aliphatic carbocycles. The molecule has 4 rings (SSSR count). The van der Waals surface area contributed by atoms with E-state index >= 15 is 0 Å². The van der Waals surface area contributed by atoms with Crippen LogP contribution in [-0.2, 0) is 11.3 Å². The van der Waals surface area contributed by atoms with Crippen molar-refractivity contribution in [3.63, 3.8) is 0 Å². The number of halogens is 3. The van der Waals surface area contributed by atoms with E-state index in [9.17, 15) is 18.0 Å². The minimum atomic E-state index is -2.67. The summed E-state index contributed by atoms with van der Waals surface area (Å²) in [5.41, 5.74) is 2.57. The van der Waals surface area contributed by atoms with Crippen molar-refractivity contribution in [3.05, 3.63) is 60.8 Å². The molecule has 3 aromatic heterocycles. The van der Waals surface area contributed by atoms with Gasteiger partial charge in [-0.25, -0.2) is 23.1 Å². The molecule has 6 nitrogen and oxygen atoms in total. The van der Waals surface area contributed by atoms with Crippen molar-refractivity contribution in [3.8, 4) is 22.5 Å². The van der Waals surface area contributed by atoms with Crippen LogP contribution in [0, 0.1) is 5.82 Å². The Balaban J connectivity index is 1.98. The van der Waals surface area contributed by atoms with Gasteiger partial charge in [-0.1, -0.05) is 0 Å². The lowest BCUT2D eigenvalue weighted by Crippen LogP contribution is -2.15. The van der Waals surface area contributed by atoms with E-state index in [0.717, 1.165) is 0 Å². The van der Waals surface area contributed by atoms with Crippen LogP contribution >= 0.6 is 0 Å². The maximum absolute atomic E-state index is 13.4. The molecule has 0 unspecified atom stereocenters. The zero-order valence-corrected chi connectivity index (χ0v) is 15.3. The second-order valence-electron chi connectivity index (χ2n) is 6.43. The van der Waals surface area contributed by atoms with Gasteiger partial charge in [-0.3, -0.25) is 10.1 Å². The van der Waals surface area contributed by atoms with Gasteiger partial charge < -0.3 is 8.97 Å². The first-order chi connectivity index (χ1) is 13.9. The lowest BCUT2D eigenvalue weighted by molar-refractivity contribution is -0.114. The van der Waals surface area contributed by atoms with Gasteiger partial charge >= 0.3 is 0 Å². The molecule has 0 bridgehead atoms. The Morgan fingerprint density at radius 3 is 2.55 bits per heavy atom. The van der Waals surface area contributed by atoms with Crippen molar-refractivity contribution in [2.45, 2.75) is 19.9 Å². The first-order valence-corrected chi connectivity index (χ1v) is 8.77. The normalized spacial score (nSPS) is 11.3. The maximum atomic E-state index is 13.4. The molecule has 0 radical (unpaired) electrons. The number of nitrogens with zero attached hydrogens (tertiary/aromatic N) is 4. The SMILES string of the molecule is CC(=O)Nc1nc(-c2ccc(F)cc2)c(-c2ccc3nccn3c2)n1CC(F)F. The number of imidazole rings is 2. The maximum Gasteiger partial charge on any atom is 0.256 e. The van der Waals surface area contributed by atoms with Crippen LogP contribution in [0.1, 0.15) is 6.92 Å². The Bertz CT molecular complexity index is 1180. The molecule has 4 aromatic rings. The summed E-state index contributed by atoms with van der Waals surface area (Å²) in [6, 6.07) is 9.06. The highest BCUT2D eigenvalue weighted by Crippen LogP contribution is 2.35. The number of carbonyl (C=O) groups excluding carboxylic acids is 1. The molecule has 0 spiro atoms. The third-order valence-electron chi connectivity index (χ3n) is 4.36. The van der Waals surface area contributed by atoms with E-state index in [1.807, 2.05) is 0 Å². The van der Waals surface area contributed by atoms with Crippen molar-refractivity contribution in [2.24, 2.45) is 0 Å². The van der Waals surface area contributed by atoms with Gasteiger partial charge in [0.1, 0.15) is 11.5 Å². The molecule has 0 saturated carbocycles. The van der Waals surface area contributed by atoms with Gasteiger partial charge in [-0.05, 0) is 36.4 Å². The summed E-state index contributed by atoms with van der Waals surface area (Å²) in [5, 5.41) is 2.51. The van der Waals surface area contributed by atoms with Crippen LogP contribution in [0.3, 0.4) is 0 Å². The summed E-state index contributed by atoms with van der Waals surface area (Å²) in [6.07, 6.45) is 2.43. The summed E-state index contributed by atoms with van der Waals surface area (Å²) in [7, 11) is 0. The van der Waals surface area contributed by atoms with Crippen LogP contribution in [0.4, 0.5) is 19.1 Å². The van der Waals surface area contributed by atoms with E-state index < -0.39 is 24.7 Å². The van der Waals surface area contributed by atoms with Gasteiger partial charge in [-0.2, -0.15) is 0 Å². The molecule has 0 aliphatic heterocycles. The summed E-state index contributed by atoms with van der Waals surface area (Å²) < 4.78 is 43.2. The molecule has 3 heterocycles. The summed E-state index contributed by atoms with van der Waals surface area (Å²) in [5.74, 6) is -0.866. The fraction of sp³-hybridized carbons (Fsp3) is 0.150. The molecule has 9 heteroatoms. The minimum absolute atomic E-state index is 0.00199. The lowest BCUT2D eigenvalue weighted by atomic mass is 10.1. The van der Waals surface area contributed by atoms with Gasteiger partial charge in [0.05, 0.1) is 17.9 Å². The van der Waals surface area contributed by atoms with Crippen molar-refractivity contribution in [1.29, 1.82) is 0 Å². The van der Waals surface area contributed by atoms with Crippen LogP contribution < -0.4 is 5.32 Å². The number of nitrogens with one attached hydrogen (secondary N) is 1. The molecule has 1 aromatic carbocycles. The average Bonchev–Trinajstić information content (AvgIpc) is 3.26. The topological polar surface area (TPSA) is 64.2 Å². The summed E-state index contributed by atoms with van der Waals surface area (Å²) in [6.45, 7) is 0.608. The van der Waals surface area contributed by atoms with E-state index in [-0.39, 0.29) is 5.95 Å². The number of aromatic nitrogens is 4. The van der Waals surface area contributed by atoms with Crippen LogP contribution in [0.2, 0.25) is 0 Å². The van der Waals surface area contributed by atoms with Gasteiger partial charge in [-0.15, -0.1) is 0 Å².